The van der Waals surface area contributed by atoms with Crippen molar-refractivity contribution in [3.8, 4) is 17.0 Å². The van der Waals surface area contributed by atoms with Crippen molar-refractivity contribution in [2.75, 3.05) is 25.6 Å². The molecular weight excluding hydrogens is 479 g/mol. The van der Waals surface area contributed by atoms with Gasteiger partial charge in [0.05, 0.1) is 12.8 Å². The van der Waals surface area contributed by atoms with Crippen LogP contribution >= 0.6 is 11.6 Å². The fraction of sp³-hybridized carbons (Fsp3) is 0.259. The van der Waals surface area contributed by atoms with Crippen LogP contribution in [0.1, 0.15) is 30.9 Å². The third-order valence-electron chi connectivity index (χ3n) is 5.92. The molecule has 188 valence electrons. The molecule has 5 N–H and O–H groups in total. The first-order chi connectivity index (χ1) is 17.4. The van der Waals surface area contributed by atoms with E-state index in [-0.39, 0.29) is 18.3 Å². The highest BCUT2D eigenvalue weighted by Crippen LogP contribution is 2.31. The minimum absolute atomic E-state index is 0.185. The Labute approximate surface area is 215 Å². The zero-order chi connectivity index (χ0) is 25.7. The summed E-state index contributed by atoms with van der Waals surface area (Å²) in [6, 6.07) is 14.1. The molecule has 0 fully saturated rings. The van der Waals surface area contributed by atoms with Crippen molar-refractivity contribution in [3.05, 3.63) is 88.1 Å². The minimum Gasteiger partial charge on any atom is -0.497 e. The average Bonchev–Trinajstić information content (AvgIpc) is 2.89. The number of benzene rings is 2. The van der Waals surface area contributed by atoms with E-state index in [1.807, 2.05) is 30.3 Å². The van der Waals surface area contributed by atoms with Gasteiger partial charge in [0.2, 0.25) is 0 Å². The number of aromatic nitrogens is 1. The second kappa shape index (κ2) is 11.4. The van der Waals surface area contributed by atoms with Crippen LogP contribution in [0, 0.1) is 5.82 Å². The molecule has 1 aliphatic rings. The highest BCUT2D eigenvalue weighted by atomic mass is 35.5. The number of anilines is 1. The van der Waals surface area contributed by atoms with Crippen LogP contribution in [0.25, 0.3) is 11.3 Å². The van der Waals surface area contributed by atoms with Crippen molar-refractivity contribution < 1.29 is 9.13 Å². The van der Waals surface area contributed by atoms with Gasteiger partial charge in [-0.1, -0.05) is 37.6 Å². The number of aliphatic imine (C=N–C) groups is 1. The Kier molecular flexibility index (Phi) is 8.07. The monoisotopic (exact) mass is 508 g/mol. The van der Waals surface area contributed by atoms with E-state index in [0.717, 1.165) is 39.8 Å². The molecule has 0 spiro atoms. The lowest BCUT2D eigenvalue weighted by molar-refractivity contribution is 0.414. The summed E-state index contributed by atoms with van der Waals surface area (Å²) < 4.78 is 19.8. The van der Waals surface area contributed by atoms with Gasteiger partial charge in [-0.3, -0.25) is 4.98 Å². The van der Waals surface area contributed by atoms with Gasteiger partial charge in [0.25, 0.3) is 0 Å². The van der Waals surface area contributed by atoms with Crippen LogP contribution in [-0.4, -0.2) is 31.1 Å². The number of hydrogen-bond acceptors (Lipinski definition) is 7. The van der Waals surface area contributed by atoms with Gasteiger partial charge < -0.3 is 26.4 Å². The molecule has 0 saturated carbocycles. The van der Waals surface area contributed by atoms with Gasteiger partial charge in [-0.2, -0.15) is 0 Å². The zero-order valence-electron chi connectivity index (χ0n) is 20.5. The molecule has 0 atom stereocenters. The van der Waals surface area contributed by atoms with Gasteiger partial charge in [-0.25, -0.2) is 9.38 Å². The first-order valence-electron chi connectivity index (χ1n) is 11.7. The van der Waals surface area contributed by atoms with Crippen molar-refractivity contribution in [2.24, 2.45) is 10.7 Å². The van der Waals surface area contributed by atoms with Gasteiger partial charge in [-0.05, 0) is 53.4 Å². The van der Waals surface area contributed by atoms with Crippen molar-refractivity contribution in [1.29, 1.82) is 0 Å². The summed E-state index contributed by atoms with van der Waals surface area (Å²) >= 11 is 6.12. The smallest absolute Gasteiger partial charge is 0.132 e. The van der Waals surface area contributed by atoms with Crippen molar-refractivity contribution >= 4 is 23.1 Å². The van der Waals surface area contributed by atoms with E-state index in [9.17, 15) is 4.39 Å². The number of ether oxygens (including phenoxy) is 1. The first kappa shape index (κ1) is 25.5. The van der Waals surface area contributed by atoms with Gasteiger partial charge in [0, 0.05) is 41.1 Å². The molecule has 2 heterocycles. The average molecular weight is 509 g/mol. The Morgan fingerprint density at radius 3 is 2.64 bits per heavy atom. The number of methoxy groups -OCH3 is 1. The number of pyridine rings is 1. The minimum atomic E-state index is -0.384. The van der Waals surface area contributed by atoms with Crippen LogP contribution in [0.15, 0.2) is 71.1 Å². The van der Waals surface area contributed by atoms with Crippen LogP contribution in [0.4, 0.5) is 10.1 Å². The number of halogens is 2. The Hall–Kier alpha value is -3.62. The van der Waals surface area contributed by atoms with Gasteiger partial charge in [0.15, 0.2) is 0 Å². The molecule has 0 aliphatic carbocycles. The summed E-state index contributed by atoms with van der Waals surface area (Å²) in [7, 11) is 1.64. The fourth-order valence-corrected chi connectivity index (χ4v) is 4.11. The number of rotatable bonds is 8. The molecule has 1 aliphatic heterocycles. The summed E-state index contributed by atoms with van der Waals surface area (Å²) in [5.74, 6) is 2.07. The topological polar surface area (TPSA) is 96.6 Å². The van der Waals surface area contributed by atoms with E-state index in [2.05, 4.69) is 39.8 Å². The lowest BCUT2D eigenvalue weighted by Crippen LogP contribution is -2.38. The fourth-order valence-electron chi connectivity index (χ4n) is 3.94. The molecule has 9 heteroatoms. The maximum Gasteiger partial charge on any atom is 0.132 e. The molecule has 7 nitrogen and oxygen atoms in total. The lowest BCUT2D eigenvalue weighted by atomic mass is 10.0. The molecule has 4 rings (SSSR count). The number of hydrogen-bond donors (Lipinski definition) is 4. The molecule has 2 aromatic carbocycles. The van der Waals surface area contributed by atoms with E-state index in [0.29, 0.717) is 29.5 Å². The van der Waals surface area contributed by atoms with Crippen molar-refractivity contribution in [2.45, 2.75) is 26.3 Å². The third kappa shape index (κ3) is 5.78. The summed E-state index contributed by atoms with van der Waals surface area (Å²) in [5.41, 5.74) is 10.7. The molecule has 0 radical (unpaired) electrons. The van der Waals surface area contributed by atoms with Gasteiger partial charge in [-0.15, -0.1) is 0 Å². The number of nitrogens with one attached hydrogen (secondary N) is 3. The number of nitrogens with zero attached hydrogens (tertiary/aromatic N) is 2. The SMILES string of the molecule is COc1ccc(CNC2=NCNC(Nc3cc(-c4cc(Cl)ccc4F)ncc3C(C)C)=C2CN)cc1. The lowest BCUT2D eigenvalue weighted by Gasteiger charge is -2.25. The third-order valence-corrected chi connectivity index (χ3v) is 6.16. The Morgan fingerprint density at radius 2 is 1.94 bits per heavy atom. The van der Waals surface area contributed by atoms with E-state index in [1.165, 1.54) is 12.1 Å². The molecule has 0 unspecified atom stereocenters. The molecule has 0 amide bonds. The first-order valence-corrected chi connectivity index (χ1v) is 12.1. The quantitative estimate of drug-likeness (QED) is 0.342. The van der Waals surface area contributed by atoms with E-state index in [4.69, 9.17) is 22.1 Å². The highest BCUT2D eigenvalue weighted by Gasteiger charge is 2.19. The highest BCUT2D eigenvalue weighted by molar-refractivity contribution is 6.30. The van der Waals surface area contributed by atoms with Crippen LogP contribution in [0.3, 0.4) is 0 Å². The molecule has 1 aromatic heterocycles. The van der Waals surface area contributed by atoms with E-state index < -0.39 is 0 Å². The second-order valence-corrected chi connectivity index (χ2v) is 9.10. The Bertz CT molecular complexity index is 1290. The van der Waals surface area contributed by atoms with Crippen LogP contribution in [0.2, 0.25) is 5.02 Å². The molecular formula is C27H30ClFN6O. The summed E-state index contributed by atoms with van der Waals surface area (Å²) in [4.78, 5) is 9.09. The van der Waals surface area contributed by atoms with Gasteiger partial charge in [0.1, 0.15) is 29.9 Å². The predicted octanol–water partition coefficient (Wildman–Crippen LogP) is 5.00. The standard InChI is InChI=1S/C27H30ClFN6O/c1-16(2)22-14-31-24(20-10-18(28)6-9-23(20)29)11-25(22)35-27-21(12-30)26(33-15-34-27)32-13-17-4-7-19(36-3)8-5-17/h4-11,14,16,34H,12-13,15,30H2,1-3H3,(H,31,35)(H,32,33). The van der Waals surface area contributed by atoms with Crippen LogP contribution in [-0.2, 0) is 6.54 Å². The summed E-state index contributed by atoms with van der Waals surface area (Å²) in [5, 5.41) is 10.6. The molecule has 0 saturated heterocycles. The van der Waals surface area contributed by atoms with Gasteiger partial charge >= 0.3 is 0 Å². The summed E-state index contributed by atoms with van der Waals surface area (Å²) in [6.45, 7) is 5.40. The van der Waals surface area contributed by atoms with Crippen LogP contribution in [0.5, 0.6) is 5.75 Å². The molecule has 0 bridgehead atoms. The zero-order valence-corrected chi connectivity index (χ0v) is 21.3. The number of amidine groups is 1. The second-order valence-electron chi connectivity index (χ2n) is 8.66. The predicted molar refractivity (Wildman–Crippen MR) is 144 cm³/mol. The molecule has 3 aromatic rings. The Morgan fingerprint density at radius 1 is 1.17 bits per heavy atom. The Balaban J connectivity index is 1.62. The number of nitrogens with two attached hydrogens (primary N) is 1. The van der Waals surface area contributed by atoms with Crippen molar-refractivity contribution in [3.63, 3.8) is 0 Å². The normalized spacial score (nSPS) is 13.4. The van der Waals surface area contributed by atoms with E-state index >= 15 is 0 Å². The van der Waals surface area contributed by atoms with Crippen LogP contribution < -0.4 is 26.4 Å². The summed E-state index contributed by atoms with van der Waals surface area (Å²) in [6.07, 6.45) is 1.77. The van der Waals surface area contributed by atoms with E-state index in [1.54, 1.807) is 19.4 Å². The largest absolute Gasteiger partial charge is 0.497 e. The van der Waals surface area contributed by atoms with Crippen molar-refractivity contribution in [1.82, 2.24) is 15.6 Å². The maximum atomic E-state index is 14.6. The maximum absolute atomic E-state index is 14.6. The molecule has 36 heavy (non-hydrogen) atoms.